The lowest BCUT2D eigenvalue weighted by atomic mass is 10.1. The number of rotatable bonds is 7. The normalized spacial score (nSPS) is 17.8. The van der Waals surface area contributed by atoms with Crippen molar-refractivity contribution in [3.8, 4) is 5.75 Å². The minimum Gasteiger partial charge on any atom is -0.497 e. The van der Waals surface area contributed by atoms with Gasteiger partial charge in [-0.05, 0) is 68.1 Å². The molecule has 1 fully saturated rings. The first-order valence-corrected chi connectivity index (χ1v) is 11.3. The lowest BCUT2D eigenvalue weighted by molar-refractivity contribution is -0.117. The molecule has 2 aromatic carbocycles. The molecule has 9 heteroatoms. The summed E-state index contributed by atoms with van der Waals surface area (Å²) in [5.74, 6) is 0.874. The molecule has 1 heterocycles. The Morgan fingerprint density at radius 1 is 1.10 bits per heavy atom. The first-order valence-electron chi connectivity index (χ1n) is 9.79. The fourth-order valence-electron chi connectivity index (χ4n) is 3.35. The molecule has 1 aromatic heterocycles. The monoisotopic (exact) mass is 441 g/mol. The Bertz CT molecular complexity index is 1200. The van der Waals surface area contributed by atoms with Crippen molar-refractivity contribution in [2.24, 2.45) is 5.92 Å². The zero-order chi connectivity index (χ0) is 22.2. The Labute approximate surface area is 180 Å². The second kappa shape index (κ2) is 8.07. The molecule has 1 aliphatic carbocycles. The Hall–Kier alpha value is -3.33. The summed E-state index contributed by atoms with van der Waals surface area (Å²) in [5.41, 5.74) is 2.88. The van der Waals surface area contributed by atoms with Gasteiger partial charge < -0.3 is 14.6 Å². The topological polar surface area (TPSA) is 111 Å². The van der Waals surface area contributed by atoms with Gasteiger partial charge in [0.2, 0.25) is 11.8 Å². The van der Waals surface area contributed by atoms with Crippen molar-refractivity contribution in [3.63, 3.8) is 0 Å². The zero-order valence-electron chi connectivity index (χ0n) is 17.4. The van der Waals surface area contributed by atoms with E-state index in [4.69, 9.17) is 9.26 Å². The average Bonchev–Trinajstić information content (AvgIpc) is 3.51. The molecule has 162 valence electrons. The van der Waals surface area contributed by atoms with Gasteiger partial charge in [0.1, 0.15) is 5.75 Å². The Balaban J connectivity index is 1.38. The summed E-state index contributed by atoms with van der Waals surface area (Å²) in [7, 11) is -2.21. The van der Waals surface area contributed by atoms with Gasteiger partial charge in [0.25, 0.3) is 10.0 Å². The van der Waals surface area contributed by atoms with E-state index in [0.29, 0.717) is 16.9 Å². The van der Waals surface area contributed by atoms with Gasteiger partial charge in [-0.25, -0.2) is 13.1 Å². The van der Waals surface area contributed by atoms with Crippen LogP contribution in [0.5, 0.6) is 5.75 Å². The van der Waals surface area contributed by atoms with Crippen LogP contribution in [0.4, 0.5) is 11.6 Å². The number of hydrogen-bond acceptors (Lipinski definition) is 6. The van der Waals surface area contributed by atoms with Gasteiger partial charge in [-0.15, -0.1) is 0 Å². The van der Waals surface area contributed by atoms with Crippen molar-refractivity contribution in [3.05, 3.63) is 65.4 Å². The SMILES string of the molecule is COc1ccc(C2CC2C(=O)Nc2ccc(S(=O)(=O)Nc3onc(C)c3C)cc2)cc1. The molecule has 2 atom stereocenters. The molecule has 31 heavy (non-hydrogen) atoms. The number of sulfonamides is 1. The minimum absolute atomic E-state index is 0.0569. The lowest BCUT2D eigenvalue weighted by Crippen LogP contribution is -2.15. The summed E-state index contributed by atoms with van der Waals surface area (Å²) in [4.78, 5) is 12.6. The first kappa shape index (κ1) is 20.9. The fraction of sp³-hybridized carbons (Fsp3) is 0.273. The number of nitrogens with zero attached hydrogens (tertiary/aromatic N) is 1. The molecule has 0 aliphatic heterocycles. The third-order valence-electron chi connectivity index (χ3n) is 5.49. The van der Waals surface area contributed by atoms with Crippen LogP contribution >= 0.6 is 0 Å². The second-order valence-electron chi connectivity index (χ2n) is 7.56. The predicted molar refractivity (Wildman–Crippen MR) is 116 cm³/mol. The maximum absolute atomic E-state index is 12.6. The number of benzene rings is 2. The minimum atomic E-state index is -3.83. The molecule has 4 rings (SSSR count). The van der Waals surface area contributed by atoms with Crippen molar-refractivity contribution in [2.45, 2.75) is 31.1 Å². The third kappa shape index (κ3) is 4.41. The van der Waals surface area contributed by atoms with E-state index in [1.54, 1.807) is 33.1 Å². The van der Waals surface area contributed by atoms with E-state index in [0.717, 1.165) is 17.7 Å². The molecular weight excluding hydrogens is 418 g/mol. The fourth-order valence-corrected chi connectivity index (χ4v) is 4.39. The first-order chi connectivity index (χ1) is 14.8. The Morgan fingerprint density at radius 3 is 2.35 bits per heavy atom. The molecule has 8 nitrogen and oxygen atoms in total. The van der Waals surface area contributed by atoms with Crippen LogP contribution < -0.4 is 14.8 Å². The van der Waals surface area contributed by atoms with Crippen LogP contribution in [0.1, 0.15) is 29.2 Å². The molecule has 0 spiro atoms. The summed E-state index contributed by atoms with van der Waals surface area (Å²) in [6, 6.07) is 13.7. The number of anilines is 2. The van der Waals surface area contributed by atoms with Crippen molar-refractivity contribution >= 4 is 27.5 Å². The molecule has 2 N–H and O–H groups in total. The Kier molecular flexibility index (Phi) is 5.45. The number of nitrogens with one attached hydrogen (secondary N) is 2. The number of ether oxygens (including phenoxy) is 1. The van der Waals surface area contributed by atoms with Crippen LogP contribution in [0.25, 0.3) is 0 Å². The van der Waals surface area contributed by atoms with Gasteiger partial charge in [-0.2, -0.15) is 0 Å². The summed E-state index contributed by atoms with van der Waals surface area (Å²) < 4.78 is 37.7. The number of aryl methyl sites for hydroxylation is 1. The second-order valence-corrected chi connectivity index (χ2v) is 9.25. The molecule has 2 unspecified atom stereocenters. The standard InChI is InChI=1S/C22H23N3O5S/c1-13-14(2)24-30-22(13)25-31(27,28)18-10-6-16(7-11-18)23-21(26)20-12-19(20)15-4-8-17(29-3)9-5-15/h4-11,19-20,25H,12H2,1-3H3,(H,23,26). The largest absolute Gasteiger partial charge is 0.497 e. The molecule has 0 saturated heterocycles. The molecule has 0 radical (unpaired) electrons. The zero-order valence-corrected chi connectivity index (χ0v) is 18.2. The summed E-state index contributed by atoms with van der Waals surface area (Å²) in [6.45, 7) is 3.45. The van der Waals surface area contributed by atoms with Crippen LogP contribution in [0.2, 0.25) is 0 Å². The average molecular weight is 442 g/mol. The highest BCUT2D eigenvalue weighted by molar-refractivity contribution is 7.92. The molecular formula is C22H23N3O5S. The summed E-state index contributed by atoms with van der Waals surface area (Å²) >= 11 is 0. The maximum atomic E-state index is 12.6. The highest BCUT2D eigenvalue weighted by Crippen LogP contribution is 2.48. The lowest BCUT2D eigenvalue weighted by Gasteiger charge is -2.08. The van der Waals surface area contributed by atoms with E-state index in [1.807, 2.05) is 24.3 Å². The Morgan fingerprint density at radius 2 is 1.77 bits per heavy atom. The van der Waals surface area contributed by atoms with Crippen molar-refractivity contribution < 1.29 is 22.5 Å². The van der Waals surface area contributed by atoms with E-state index in [2.05, 4.69) is 15.2 Å². The van der Waals surface area contributed by atoms with Gasteiger partial charge >= 0.3 is 0 Å². The summed E-state index contributed by atoms with van der Waals surface area (Å²) in [5, 5.41) is 6.60. The van der Waals surface area contributed by atoms with Crippen molar-refractivity contribution in [2.75, 3.05) is 17.1 Å². The highest BCUT2D eigenvalue weighted by Gasteiger charge is 2.43. The highest BCUT2D eigenvalue weighted by atomic mass is 32.2. The molecule has 1 saturated carbocycles. The van der Waals surface area contributed by atoms with Crippen LogP contribution in [-0.4, -0.2) is 26.6 Å². The van der Waals surface area contributed by atoms with Gasteiger partial charge in [-0.3, -0.25) is 4.79 Å². The van der Waals surface area contributed by atoms with E-state index >= 15 is 0 Å². The predicted octanol–water partition coefficient (Wildman–Crippen LogP) is 3.84. The van der Waals surface area contributed by atoms with Gasteiger partial charge in [0, 0.05) is 17.2 Å². The van der Waals surface area contributed by atoms with E-state index in [9.17, 15) is 13.2 Å². The maximum Gasteiger partial charge on any atom is 0.264 e. The van der Waals surface area contributed by atoms with Gasteiger partial charge in [0.15, 0.2) is 0 Å². The van der Waals surface area contributed by atoms with Crippen LogP contribution in [0.3, 0.4) is 0 Å². The number of carbonyl (C=O) groups is 1. The quantitative estimate of drug-likeness (QED) is 0.576. The number of amides is 1. The van der Waals surface area contributed by atoms with Gasteiger partial charge in [0.05, 0.1) is 17.7 Å². The van der Waals surface area contributed by atoms with Crippen LogP contribution in [-0.2, 0) is 14.8 Å². The molecule has 3 aromatic rings. The molecule has 1 aliphatic rings. The van der Waals surface area contributed by atoms with Crippen LogP contribution in [0.15, 0.2) is 57.9 Å². The smallest absolute Gasteiger partial charge is 0.264 e. The number of methoxy groups -OCH3 is 1. The number of hydrogen-bond donors (Lipinski definition) is 2. The summed E-state index contributed by atoms with van der Waals surface area (Å²) in [6.07, 6.45) is 0.782. The van der Waals surface area contributed by atoms with Crippen LogP contribution in [0, 0.1) is 19.8 Å². The van der Waals surface area contributed by atoms with E-state index < -0.39 is 10.0 Å². The van der Waals surface area contributed by atoms with Crippen molar-refractivity contribution in [1.29, 1.82) is 0 Å². The van der Waals surface area contributed by atoms with Gasteiger partial charge in [-0.1, -0.05) is 17.3 Å². The van der Waals surface area contributed by atoms with E-state index in [1.165, 1.54) is 12.1 Å². The molecule has 0 bridgehead atoms. The van der Waals surface area contributed by atoms with E-state index in [-0.39, 0.29) is 28.5 Å². The third-order valence-corrected chi connectivity index (χ3v) is 6.83. The van der Waals surface area contributed by atoms with Crippen molar-refractivity contribution in [1.82, 2.24) is 5.16 Å². The number of carbonyl (C=O) groups excluding carboxylic acids is 1. The number of aromatic nitrogens is 1. The molecule has 1 amide bonds.